The second kappa shape index (κ2) is 15.6. The first-order valence-electron chi connectivity index (χ1n) is 16.6. The predicted molar refractivity (Wildman–Crippen MR) is 191 cm³/mol. The Kier molecular flexibility index (Phi) is 12.0. The van der Waals surface area contributed by atoms with Crippen molar-refractivity contribution in [3.63, 3.8) is 0 Å². The summed E-state index contributed by atoms with van der Waals surface area (Å²) in [6.45, 7) is 14.4. The van der Waals surface area contributed by atoms with Crippen LogP contribution >= 0.6 is 0 Å². The minimum absolute atomic E-state index is 0.186. The number of hydroxylamine groups is 2. The fraction of sp³-hybridized carbons (Fsp3) is 0.500. The summed E-state index contributed by atoms with van der Waals surface area (Å²) < 4.78 is 43.7. The Hall–Kier alpha value is -4.43. The predicted octanol–water partition coefficient (Wildman–Crippen LogP) is 7.02. The molecule has 1 atom stereocenters. The van der Waals surface area contributed by atoms with E-state index in [9.17, 15) is 18.0 Å². The molecule has 0 radical (unpaired) electrons. The number of methoxy groups -OCH3 is 1. The largest absolute Gasteiger partial charge is 0.528 e. The Morgan fingerprint density at radius 1 is 1.00 bits per heavy atom. The summed E-state index contributed by atoms with van der Waals surface area (Å²) in [5.74, 6) is 1.45. The number of anilines is 2. The van der Waals surface area contributed by atoms with E-state index in [-0.39, 0.29) is 22.8 Å². The third-order valence-electron chi connectivity index (χ3n) is 7.92. The van der Waals surface area contributed by atoms with Crippen LogP contribution in [0, 0.1) is 12.8 Å². The number of carbonyl (C=O) groups is 2. The van der Waals surface area contributed by atoms with Crippen LogP contribution in [0.1, 0.15) is 88.1 Å². The Balaban J connectivity index is 1.47. The first-order valence-corrected chi connectivity index (χ1v) is 18.5. The smallest absolute Gasteiger partial charge is 0.492 e. The number of aryl methyl sites for hydroxylation is 1. The van der Waals surface area contributed by atoms with E-state index in [1.165, 1.54) is 7.11 Å². The lowest BCUT2D eigenvalue weighted by Gasteiger charge is -2.24. The molecule has 1 fully saturated rings. The molecule has 50 heavy (non-hydrogen) atoms. The molecule has 1 saturated heterocycles. The number of hydrogen-bond acceptors (Lipinski definition) is 11. The van der Waals surface area contributed by atoms with Gasteiger partial charge in [0.2, 0.25) is 15.9 Å². The number of carbonyl (C=O) groups excluding carboxylic acids is 2. The van der Waals surface area contributed by atoms with Crippen molar-refractivity contribution in [1.29, 1.82) is 0 Å². The van der Waals surface area contributed by atoms with Gasteiger partial charge in [0, 0.05) is 37.3 Å². The SMILES string of the molecule is COc1c(NC(=O)c2ccc(C)c(Oc3ccnc(CC4CCCN(OC(=O)OC(C)(C)C)CC4)n3)c2)cc(C(C)(C)C)cc1NS(C)(=O)=O. The number of ether oxygens (including phenoxy) is 3. The summed E-state index contributed by atoms with van der Waals surface area (Å²) in [6, 6.07) is 10.2. The highest BCUT2D eigenvalue weighted by Gasteiger charge is 2.25. The lowest BCUT2D eigenvalue weighted by molar-refractivity contribution is -0.141. The molecular weight excluding hydrogens is 662 g/mol. The third-order valence-corrected chi connectivity index (χ3v) is 8.51. The Labute approximate surface area is 295 Å². The zero-order valence-electron chi connectivity index (χ0n) is 30.4. The standard InChI is InChI=1S/C36H49N5O8S/c1-23-12-13-25(33(42)38-27-21-26(35(2,3)4)22-28(32(27)46-8)40-50(9,44)45)20-29(23)47-31-14-16-37-30(39-31)19-24-11-10-17-41(18-15-24)49-34(43)48-36(5,6)7/h12-14,16,20-22,24,40H,10-11,15,17-19H2,1-9H3,(H,38,42). The molecule has 0 bridgehead atoms. The molecule has 14 heteroatoms. The molecule has 13 nitrogen and oxygen atoms in total. The van der Waals surface area contributed by atoms with E-state index in [1.807, 2.05) is 27.7 Å². The molecule has 2 N–H and O–H groups in total. The number of rotatable bonds is 10. The zero-order chi connectivity index (χ0) is 36.9. The van der Waals surface area contributed by atoms with Gasteiger partial charge in [-0.25, -0.2) is 18.2 Å². The first-order chi connectivity index (χ1) is 23.3. The Bertz CT molecular complexity index is 1800. The van der Waals surface area contributed by atoms with Gasteiger partial charge >= 0.3 is 6.16 Å². The van der Waals surface area contributed by atoms with Crippen LogP contribution in [0.5, 0.6) is 17.4 Å². The van der Waals surface area contributed by atoms with Gasteiger partial charge < -0.3 is 24.4 Å². The van der Waals surface area contributed by atoms with Crippen LogP contribution < -0.4 is 19.5 Å². The van der Waals surface area contributed by atoms with Gasteiger partial charge in [-0.3, -0.25) is 9.52 Å². The van der Waals surface area contributed by atoms with Crippen LogP contribution in [0.4, 0.5) is 16.2 Å². The van der Waals surface area contributed by atoms with Gasteiger partial charge in [-0.05, 0) is 93.7 Å². The summed E-state index contributed by atoms with van der Waals surface area (Å²) in [7, 11) is -2.21. The van der Waals surface area contributed by atoms with Gasteiger partial charge in [0.15, 0.2) is 5.75 Å². The van der Waals surface area contributed by atoms with Crippen LogP contribution in [-0.2, 0) is 31.4 Å². The fourth-order valence-corrected chi connectivity index (χ4v) is 5.96. The Morgan fingerprint density at radius 2 is 1.72 bits per heavy atom. The molecule has 1 aliphatic heterocycles. The van der Waals surface area contributed by atoms with Gasteiger partial charge in [0.1, 0.15) is 17.2 Å². The molecular formula is C36H49N5O8S. The molecule has 2 heterocycles. The molecule has 4 rings (SSSR count). The maximum Gasteiger partial charge on any atom is 0.528 e. The number of amides is 1. The summed E-state index contributed by atoms with van der Waals surface area (Å²) in [4.78, 5) is 40.2. The highest BCUT2D eigenvalue weighted by atomic mass is 32.2. The molecule has 1 amide bonds. The van der Waals surface area contributed by atoms with Crippen molar-refractivity contribution in [2.75, 3.05) is 36.5 Å². The van der Waals surface area contributed by atoms with E-state index in [0.717, 1.165) is 36.6 Å². The van der Waals surface area contributed by atoms with Crippen LogP contribution in [0.2, 0.25) is 0 Å². The lowest BCUT2D eigenvalue weighted by atomic mass is 9.86. The van der Waals surface area contributed by atoms with Crippen molar-refractivity contribution >= 4 is 33.5 Å². The number of nitrogens with zero attached hydrogens (tertiary/aromatic N) is 3. The van der Waals surface area contributed by atoms with E-state index in [4.69, 9.17) is 19.0 Å². The third kappa shape index (κ3) is 11.3. The van der Waals surface area contributed by atoms with E-state index < -0.39 is 27.7 Å². The maximum absolute atomic E-state index is 13.6. The normalized spacial score (nSPS) is 15.8. The minimum Gasteiger partial charge on any atom is -0.492 e. The van der Waals surface area contributed by atoms with Gasteiger partial charge in [-0.2, -0.15) is 4.98 Å². The molecule has 0 spiro atoms. The summed E-state index contributed by atoms with van der Waals surface area (Å²) in [5.41, 5.74) is 1.47. The molecule has 2 aromatic carbocycles. The molecule has 1 unspecified atom stereocenters. The van der Waals surface area contributed by atoms with Gasteiger partial charge in [0.25, 0.3) is 5.91 Å². The van der Waals surface area contributed by atoms with E-state index >= 15 is 0 Å². The number of sulfonamides is 1. The number of benzene rings is 2. The van der Waals surface area contributed by atoms with Gasteiger partial charge in [-0.1, -0.05) is 26.8 Å². The van der Waals surface area contributed by atoms with E-state index in [2.05, 4.69) is 20.0 Å². The number of aromatic nitrogens is 2. The molecule has 3 aromatic rings. The average molecular weight is 712 g/mol. The molecule has 1 aromatic heterocycles. The number of hydrogen-bond donors (Lipinski definition) is 2. The Morgan fingerprint density at radius 3 is 2.38 bits per heavy atom. The van der Waals surface area contributed by atoms with E-state index in [0.29, 0.717) is 48.2 Å². The quantitative estimate of drug-likeness (QED) is 0.208. The summed E-state index contributed by atoms with van der Waals surface area (Å²) in [5, 5.41) is 4.55. The van der Waals surface area contributed by atoms with Gasteiger partial charge in [-0.15, -0.1) is 5.06 Å². The number of nitrogens with one attached hydrogen (secondary N) is 2. The van der Waals surface area contributed by atoms with E-state index in [1.54, 1.807) is 68.4 Å². The maximum atomic E-state index is 13.6. The van der Waals surface area contributed by atoms with Crippen LogP contribution in [0.25, 0.3) is 0 Å². The van der Waals surface area contributed by atoms with Crippen LogP contribution in [0.3, 0.4) is 0 Å². The van der Waals surface area contributed by atoms with Crippen molar-refractivity contribution in [2.24, 2.45) is 5.92 Å². The first kappa shape index (κ1) is 38.4. The van der Waals surface area contributed by atoms with Crippen molar-refractivity contribution in [1.82, 2.24) is 15.0 Å². The molecule has 1 aliphatic rings. The summed E-state index contributed by atoms with van der Waals surface area (Å²) in [6.07, 6.45) is 5.20. The lowest BCUT2D eigenvalue weighted by Crippen LogP contribution is -2.32. The topological polar surface area (TPSA) is 158 Å². The van der Waals surface area contributed by atoms with Crippen molar-refractivity contribution in [3.8, 4) is 17.4 Å². The van der Waals surface area contributed by atoms with Crippen LogP contribution in [0.15, 0.2) is 42.6 Å². The minimum atomic E-state index is -3.63. The molecule has 0 aliphatic carbocycles. The van der Waals surface area contributed by atoms with Crippen molar-refractivity contribution < 1.29 is 37.1 Å². The van der Waals surface area contributed by atoms with Crippen LogP contribution in [-0.4, -0.2) is 67.6 Å². The monoisotopic (exact) mass is 711 g/mol. The van der Waals surface area contributed by atoms with Gasteiger partial charge in [0.05, 0.1) is 24.7 Å². The average Bonchev–Trinajstić information content (AvgIpc) is 3.20. The van der Waals surface area contributed by atoms with Crippen molar-refractivity contribution in [3.05, 3.63) is 65.1 Å². The summed E-state index contributed by atoms with van der Waals surface area (Å²) >= 11 is 0. The van der Waals surface area contributed by atoms with Crippen molar-refractivity contribution in [2.45, 2.75) is 85.2 Å². The highest BCUT2D eigenvalue weighted by molar-refractivity contribution is 7.92. The molecule has 272 valence electrons. The second-order valence-electron chi connectivity index (χ2n) is 14.6. The highest BCUT2D eigenvalue weighted by Crippen LogP contribution is 2.39. The second-order valence-corrected chi connectivity index (χ2v) is 16.3. The molecule has 0 saturated carbocycles. The zero-order valence-corrected chi connectivity index (χ0v) is 31.2. The fourth-order valence-electron chi connectivity index (χ4n) is 5.41.